The first-order chi connectivity index (χ1) is 8.99. The lowest BCUT2D eigenvalue weighted by atomic mass is 9.86. The Balaban J connectivity index is 2.06. The molecule has 1 heterocycles. The quantitative estimate of drug-likeness (QED) is 0.755. The molecule has 1 saturated heterocycles. The maximum absolute atomic E-state index is 14.0. The zero-order chi connectivity index (χ0) is 14.0. The molecule has 2 rings (SSSR count). The molecule has 1 aliphatic rings. The van der Waals surface area contributed by atoms with Crippen molar-refractivity contribution >= 4 is 5.69 Å². The van der Waals surface area contributed by atoms with Gasteiger partial charge in [-0.1, -0.05) is 33.8 Å². The molecule has 0 amide bonds. The third kappa shape index (κ3) is 3.29. The van der Waals surface area contributed by atoms with Crippen molar-refractivity contribution in [2.75, 3.05) is 18.0 Å². The SMILES string of the molecule is CC(C)c1ccc(N2CCC(C(C)C)CC2)cc1F. The third-order valence-electron chi connectivity index (χ3n) is 4.45. The van der Waals surface area contributed by atoms with E-state index < -0.39 is 0 Å². The van der Waals surface area contributed by atoms with Gasteiger partial charge in [0.2, 0.25) is 0 Å². The zero-order valence-corrected chi connectivity index (χ0v) is 12.6. The highest BCUT2D eigenvalue weighted by molar-refractivity contribution is 5.49. The largest absolute Gasteiger partial charge is 0.371 e. The molecule has 1 aliphatic heterocycles. The van der Waals surface area contributed by atoms with E-state index in [4.69, 9.17) is 0 Å². The molecule has 0 N–H and O–H groups in total. The molecule has 0 radical (unpaired) electrons. The molecule has 1 nitrogen and oxygen atoms in total. The van der Waals surface area contributed by atoms with E-state index in [1.54, 1.807) is 6.07 Å². The Morgan fingerprint density at radius 3 is 2.21 bits per heavy atom. The second kappa shape index (κ2) is 5.94. The van der Waals surface area contributed by atoms with Gasteiger partial charge in [0.05, 0.1) is 0 Å². The normalized spacial score (nSPS) is 17.5. The number of hydrogen-bond donors (Lipinski definition) is 0. The molecule has 1 fully saturated rings. The number of rotatable bonds is 3. The van der Waals surface area contributed by atoms with E-state index in [-0.39, 0.29) is 11.7 Å². The fourth-order valence-electron chi connectivity index (χ4n) is 3.01. The van der Waals surface area contributed by atoms with Crippen LogP contribution >= 0.6 is 0 Å². The highest BCUT2D eigenvalue weighted by Gasteiger charge is 2.22. The van der Waals surface area contributed by atoms with Gasteiger partial charge in [0.1, 0.15) is 5.82 Å². The van der Waals surface area contributed by atoms with E-state index >= 15 is 0 Å². The molecule has 106 valence electrons. The van der Waals surface area contributed by atoms with Gasteiger partial charge in [-0.15, -0.1) is 0 Å². The summed E-state index contributed by atoms with van der Waals surface area (Å²) in [7, 11) is 0. The molecule has 0 aliphatic carbocycles. The average molecular weight is 263 g/mol. The molecule has 1 aromatic carbocycles. The first-order valence-corrected chi connectivity index (χ1v) is 7.53. The molecule has 1 aromatic rings. The second-order valence-electron chi connectivity index (χ2n) is 6.43. The summed E-state index contributed by atoms with van der Waals surface area (Å²) >= 11 is 0. The monoisotopic (exact) mass is 263 g/mol. The summed E-state index contributed by atoms with van der Waals surface area (Å²) in [6, 6.07) is 5.74. The van der Waals surface area contributed by atoms with Gasteiger partial charge in [-0.05, 0) is 48.3 Å². The minimum absolute atomic E-state index is 0.0570. The van der Waals surface area contributed by atoms with Crippen LogP contribution in [0.4, 0.5) is 10.1 Å². The van der Waals surface area contributed by atoms with Crippen LogP contribution in [0.1, 0.15) is 52.0 Å². The van der Waals surface area contributed by atoms with E-state index in [0.29, 0.717) is 0 Å². The second-order valence-corrected chi connectivity index (χ2v) is 6.43. The van der Waals surface area contributed by atoms with Crippen molar-refractivity contribution in [2.24, 2.45) is 11.8 Å². The third-order valence-corrected chi connectivity index (χ3v) is 4.45. The highest BCUT2D eigenvalue weighted by atomic mass is 19.1. The van der Waals surface area contributed by atoms with Crippen LogP contribution in [0.5, 0.6) is 0 Å². The van der Waals surface area contributed by atoms with Crippen molar-refractivity contribution in [1.29, 1.82) is 0 Å². The van der Waals surface area contributed by atoms with Crippen molar-refractivity contribution in [3.05, 3.63) is 29.6 Å². The topological polar surface area (TPSA) is 3.24 Å². The smallest absolute Gasteiger partial charge is 0.128 e. The number of anilines is 1. The van der Waals surface area contributed by atoms with Crippen LogP contribution in [-0.4, -0.2) is 13.1 Å². The Kier molecular flexibility index (Phi) is 4.49. The van der Waals surface area contributed by atoms with Crippen LogP contribution in [0, 0.1) is 17.7 Å². The molecular weight excluding hydrogens is 237 g/mol. The van der Waals surface area contributed by atoms with Crippen molar-refractivity contribution in [3.63, 3.8) is 0 Å². The average Bonchev–Trinajstić information content (AvgIpc) is 2.38. The predicted molar refractivity (Wildman–Crippen MR) is 80.3 cm³/mol. The highest BCUT2D eigenvalue weighted by Crippen LogP contribution is 2.29. The minimum atomic E-state index is -0.0570. The standard InChI is InChI=1S/C17H26FN/c1-12(2)14-7-9-19(10-8-14)15-5-6-16(13(3)4)17(18)11-15/h5-6,11-14H,7-10H2,1-4H3. The lowest BCUT2D eigenvalue weighted by Gasteiger charge is -2.35. The number of halogens is 1. The summed E-state index contributed by atoms with van der Waals surface area (Å²) in [4.78, 5) is 2.33. The number of benzene rings is 1. The van der Waals surface area contributed by atoms with Crippen LogP contribution in [-0.2, 0) is 0 Å². The van der Waals surface area contributed by atoms with E-state index in [1.807, 2.05) is 19.9 Å². The van der Waals surface area contributed by atoms with E-state index in [9.17, 15) is 4.39 Å². The summed E-state index contributed by atoms with van der Waals surface area (Å²) < 4.78 is 14.0. The Labute approximate surface area is 116 Å². The van der Waals surface area contributed by atoms with Gasteiger partial charge in [-0.2, -0.15) is 0 Å². The van der Waals surface area contributed by atoms with Crippen LogP contribution in [0.2, 0.25) is 0 Å². The van der Waals surface area contributed by atoms with Gasteiger partial charge in [-0.25, -0.2) is 4.39 Å². The summed E-state index contributed by atoms with van der Waals surface area (Å²) in [5, 5.41) is 0. The molecule has 0 spiro atoms. The Hall–Kier alpha value is -1.05. The summed E-state index contributed by atoms with van der Waals surface area (Å²) in [6.45, 7) is 10.8. The predicted octanol–water partition coefficient (Wildman–Crippen LogP) is 4.82. The van der Waals surface area contributed by atoms with Crippen molar-refractivity contribution in [1.82, 2.24) is 0 Å². The maximum Gasteiger partial charge on any atom is 0.128 e. The zero-order valence-electron chi connectivity index (χ0n) is 12.6. The van der Waals surface area contributed by atoms with E-state index in [2.05, 4.69) is 24.8 Å². The fourth-order valence-corrected chi connectivity index (χ4v) is 3.01. The maximum atomic E-state index is 14.0. The van der Waals surface area contributed by atoms with Gasteiger partial charge < -0.3 is 4.90 Å². The molecule has 0 saturated carbocycles. The van der Waals surface area contributed by atoms with Gasteiger partial charge in [0.15, 0.2) is 0 Å². The number of piperidine rings is 1. The lowest BCUT2D eigenvalue weighted by molar-refractivity contribution is 0.311. The molecule has 0 bridgehead atoms. The van der Waals surface area contributed by atoms with Gasteiger partial charge in [0.25, 0.3) is 0 Å². The number of nitrogens with zero attached hydrogens (tertiary/aromatic N) is 1. The summed E-state index contributed by atoms with van der Waals surface area (Å²) in [5.74, 6) is 1.79. The summed E-state index contributed by atoms with van der Waals surface area (Å²) in [5.41, 5.74) is 1.87. The minimum Gasteiger partial charge on any atom is -0.371 e. The Bertz CT molecular complexity index is 417. The van der Waals surface area contributed by atoms with E-state index in [0.717, 1.165) is 36.2 Å². The van der Waals surface area contributed by atoms with Gasteiger partial charge >= 0.3 is 0 Å². The Morgan fingerprint density at radius 1 is 1.11 bits per heavy atom. The number of hydrogen-bond acceptors (Lipinski definition) is 1. The molecular formula is C17H26FN. The van der Waals surface area contributed by atoms with Crippen molar-refractivity contribution in [3.8, 4) is 0 Å². The first-order valence-electron chi connectivity index (χ1n) is 7.53. The molecule has 0 aromatic heterocycles. The van der Waals surface area contributed by atoms with Crippen LogP contribution in [0.25, 0.3) is 0 Å². The molecule has 19 heavy (non-hydrogen) atoms. The lowest BCUT2D eigenvalue weighted by Crippen LogP contribution is -2.35. The van der Waals surface area contributed by atoms with Gasteiger partial charge in [0, 0.05) is 18.8 Å². The molecule has 0 atom stereocenters. The first kappa shape index (κ1) is 14.4. The fraction of sp³-hybridized carbons (Fsp3) is 0.647. The van der Waals surface area contributed by atoms with Crippen LogP contribution < -0.4 is 4.90 Å². The van der Waals surface area contributed by atoms with Crippen LogP contribution in [0.3, 0.4) is 0 Å². The van der Waals surface area contributed by atoms with Crippen LogP contribution in [0.15, 0.2) is 18.2 Å². The summed E-state index contributed by atoms with van der Waals surface area (Å²) in [6.07, 6.45) is 2.45. The van der Waals surface area contributed by atoms with Crippen molar-refractivity contribution in [2.45, 2.75) is 46.5 Å². The molecule has 0 unspecified atom stereocenters. The molecule has 2 heteroatoms. The van der Waals surface area contributed by atoms with Crippen molar-refractivity contribution < 1.29 is 4.39 Å². The van der Waals surface area contributed by atoms with E-state index in [1.165, 1.54) is 12.8 Å². The Morgan fingerprint density at radius 2 is 1.74 bits per heavy atom. The van der Waals surface area contributed by atoms with Gasteiger partial charge in [-0.3, -0.25) is 0 Å².